The van der Waals surface area contributed by atoms with E-state index in [1.807, 2.05) is 0 Å². The SMILES string of the molecule is O=C(O)Cn1nnnc1C(=O)c1ccccc1. The Balaban J connectivity index is 2.32. The number of ketones is 1. The van der Waals surface area contributed by atoms with Gasteiger partial charge in [0.05, 0.1) is 0 Å². The topological polar surface area (TPSA) is 98.0 Å². The zero-order valence-electron chi connectivity index (χ0n) is 8.65. The lowest BCUT2D eigenvalue weighted by Crippen LogP contribution is -2.17. The van der Waals surface area contributed by atoms with Crippen LogP contribution in [0.5, 0.6) is 0 Å². The largest absolute Gasteiger partial charge is 0.480 e. The van der Waals surface area contributed by atoms with Crippen LogP contribution < -0.4 is 0 Å². The molecule has 2 rings (SSSR count). The number of benzene rings is 1. The summed E-state index contributed by atoms with van der Waals surface area (Å²) in [6.07, 6.45) is 0. The number of aromatic nitrogens is 4. The van der Waals surface area contributed by atoms with Crippen molar-refractivity contribution in [2.75, 3.05) is 0 Å². The summed E-state index contributed by atoms with van der Waals surface area (Å²) >= 11 is 0. The van der Waals surface area contributed by atoms with E-state index in [-0.39, 0.29) is 5.82 Å². The molecule has 0 radical (unpaired) electrons. The number of hydrogen-bond donors (Lipinski definition) is 1. The summed E-state index contributed by atoms with van der Waals surface area (Å²) < 4.78 is 0.956. The number of rotatable bonds is 4. The Hall–Kier alpha value is -2.57. The maximum absolute atomic E-state index is 12.0. The van der Waals surface area contributed by atoms with Crippen LogP contribution in [0.4, 0.5) is 0 Å². The smallest absolute Gasteiger partial charge is 0.325 e. The summed E-state index contributed by atoms with van der Waals surface area (Å²) in [6, 6.07) is 8.42. The van der Waals surface area contributed by atoms with Crippen LogP contribution in [0.1, 0.15) is 16.2 Å². The summed E-state index contributed by atoms with van der Waals surface area (Å²) in [4.78, 5) is 22.5. The number of hydrogen-bond acceptors (Lipinski definition) is 5. The quantitative estimate of drug-likeness (QED) is 0.744. The third-order valence-corrected chi connectivity index (χ3v) is 2.06. The zero-order valence-corrected chi connectivity index (χ0v) is 8.65. The molecule has 0 bridgehead atoms. The highest BCUT2D eigenvalue weighted by atomic mass is 16.4. The lowest BCUT2D eigenvalue weighted by atomic mass is 10.1. The van der Waals surface area contributed by atoms with E-state index in [1.54, 1.807) is 30.3 Å². The summed E-state index contributed by atoms with van der Waals surface area (Å²) in [5.74, 6) is -1.60. The predicted octanol–water partition coefficient (Wildman–Crippen LogP) is -0.0113. The lowest BCUT2D eigenvalue weighted by molar-refractivity contribution is -0.137. The Kier molecular flexibility index (Phi) is 2.91. The summed E-state index contributed by atoms with van der Waals surface area (Å²) in [5.41, 5.74) is 0.411. The van der Waals surface area contributed by atoms with Gasteiger partial charge in [0.25, 0.3) is 0 Å². The van der Waals surface area contributed by atoms with E-state index < -0.39 is 18.3 Å². The second-order valence-electron chi connectivity index (χ2n) is 3.25. The van der Waals surface area contributed by atoms with Crippen molar-refractivity contribution in [2.24, 2.45) is 0 Å². The van der Waals surface area contributed by atoms with Crippen LogP contribution in [-0.4, -0.2) is 37.1 Å². The Morgan fingerprint density at radius 1 is 1.24 bits per heavy atom. The van der Waals surface area contributed by atoms with Crippen molar-refractivity contribution >= 4 is 11.8 Å². The molecular formula is C10H8N4O3. The summed E-state index contributed by atoms with van der Waals surface area (Å²) in [6.45, 7) is -0.444. The van der Waals surface area contributed by atoms with Crippen molar-refractivity contribution in [1.29, 1.82) is 0 Å². The molecule has 7 heteroatoms. The van der Waals surface area contributed by atoms with E-state index in [4.69, 9.17) is 5.11 Å². The van der Waals surface area contributed by atoms with Crippen molar-refractivity contribution < 1.29 is 14.7 Å². The van der Waals surface area contributed by atoms with Crippen molar-refractivity contribution in [1.82, 2.24) is 20.2 Å². The minimum atomic E-state index is -1.11. The van der Waals surface area contributed by atoms with Crippen LogP contribution in [0.25, 0.3) is 0 Å². The Labute approximate surface area is 95.7 Å². The molecule has 1 aromatic carbocycles. The van der Waals surface area contributed by atoms with Gasteiger partial charge in [0, 0.05) is 5.56 Å². The molecule has 0 saturated carbocycles. The van der Waals surface area contributed by atoms with E-state index in [0.717, 1.165) is 4.68 Å². The zero-order chi connectivity index (χ0) is 12.3. The predicted molar refractivity (Wildman–Crippen MR) is 55.3 cm³/mol. The van der Waals surface area contributed by atoms with E-state index in [9.17, 15) is 9.59 Å². The first-order chi connectivity index (χ1) is 8.18. The average Bonchev–Trinajstić information content (AvgIpc) is 2.76. The molecule has 0 aliphatic carbocycles. The number of nitrogens with zero attached hydrogens (tertiary/aromatic N) is 4. The minimum Gasteiger partial charge on any atom is -0.480 e. The maximum Gasteiger partial charge on any atom is 0.325 e. The number of carboxylic acids is 1. The van der Waals surface area contributed by atoms with Gasteiger partial charge in [0.15, 0.2) is 0 Å². The molecule has 2 aromatic rings. The first-order valence-corrected chi connectivity index (χ1v) is 4.76. The molecule has 0 aliphatic heterocycles. The molecule has 17 heavy (non-hydrogen) atoms. The van der Waals surface area contributed by atoms with Gasteiger partial charge in [-0.25, -0.2) is 4.68 Å². The molecule has 0 aliphatic rings. The van der Waals surface area contributed by atoms with Crippen molar-refractivity contribution in [3.63, 3.8) is 0 Å². The van der Waals surface area contributed by atoms with Gasteiger partial charge < -0.3 is 5.11 Å². The number of carbonyl (C=O) groups is 2. The highest BCUT2D eigenvalue weighted by Crippen LogP contribution is 2.05. The molecule has 0 amide bonds. The molecule has 0 atom stereocenters. The van der Waals surface area contributed by atoms with Crippen LogP contribution in [0.2, 0.25) is 0 Å². The molecule has 7 nitrogen and oxygen atoms in total. The van der Waals surface area contributed by atoms with E-state index in [2.05, 4.69) is 15.5 Å². The Morgan fingerprint density at radius 2 is 1.94 bits per heavy atom. The maximum atomic E-state index is 12.0. The first-order valence-electron chi connectivity index (χ1n) is 4.76. The van der Waals surface area contributed by atoms with Gasteiger partial charge in [-0.15, -0.1) is 5.10 Å². The lowest BCUT2D eigenvalue weighted by Gasteiger charge is -2.00. The van der Waals surface area contributed by atoms with Gasteiger partial charge in [0.2, 0.25) is 11.6 Å². The normalized spacial score (nSPS) is 10.1. The third kappa shape index (κ3) is 2.33. The highest BCUT2D eigenvalue weighted by Gasteiger charge is 2.18. The van der Waals surface area contributed by atoms with Gasteiger partial charge in [0.1, 0.15) is 6.54 Å². The fourth-order valence-corrected chi connectivity index (χ4v) is 1.32. The van der Waals surface area contributed by atoms with Gasteiger partial charge in [-0.1, -0.05) is 30.3 Å². The van der Waals surface area contributed by atoms with Crippen LogP contribution >= 0.6 is 0 Å². The van der Waals surface area contributed by atoms with E-state index >= 15 is 0 Å². The number of carbonyl (C=O) groups excluding carboxylic acids is 1. The van der Waals surface area contributed by atoms with Crippen molar-refractivity contribution in [3.8, 4) is 0 Å². The van der Waals surface area contributed by atoms with Crippen molar-refractivity contribution in [2.45, 2.75) is 6.54 Å². The fourth-order valence-electron chi connectivity index (χ4n) is 1.32. The molecule has 0 fully saturated rings. The van der Waals surface area contributed by atoms with Crippen LogP contribution in [0, 0.1) is 0 Å². The minimum absolute atomic E-state index is 0.0846. The number of carboxylic acid groups (broad SMARTS) is 1. The molecular weight excluding hydrogens is 224 g/mol. The van der Waals surface area contributed by atoms with Crippen LogP contribution in [-0.2, 0) is 11.3 Å². The Bertz CT molecular complexity index is 550. The van der Waals surface area contributed by atoms with Gasteiger partial charge in [-0.05, 0) is 10.4 Å². The molecule has 1 heterocycles. The standard InChI is InChI=1S/C10H8N4O3/c15-8(16)6-14-10(11-12-13-14)9(17)7-4-2-1-3-5-7/h1-5H,6H2,(H,15,16). The van der Waals surface area contributed by atoms with Gasteiger partial charge in [-0.3, -0.25) is 9.59 Å². The first kappa shape index (κ1) is 10.9. The molecule has 1 N–H and O–H groups in total. The second kappa shape index (κ2) is 4.52. The second-order valence-corrected chi connectivity index (χ2v) is 3.25. The highest BCUT2D eigenvalue weighted by molar-refractivity contribution is 6.06. The third-order valence-electron chi connectivity index (χ3n) is 2.06. The van der Waals surface area contributed by atoms with Crippen LogP contribution in [0.15, 0.2) is 30.3 Å². The molecule has 0 unspecified atom stereocenters. The van der Waals surface area contributed by atoms with Crippen molar-refractivity contribution in [3.05, 3.63) is 41.7 Å². The van der Waals surface area contributed by atoms with E-state index in [0.29, 0.717) is 5.56 Å². The van der Waals surface area contributed by atoms with Crippen LogP contribution in [0.3, 0.4) is 0 Å². The monoisotopic (exact) mass is 232 g/mol. The molecule has 0 saturated heterocycles. The van der Waals surface area contributed by atoms with Gasteiger partial charge >= 0.3 is 5.97 Å². The Morgan fingerprint density at radius 3 is 2.59 bits per heavy atom. The molecule has 1 aromatic heterocycles. The fraction of sp³-hybridized carbons (Fsp3) is 0.100. The number of tetrazole rings is 1. The van der Waals surface area contributed by atoms with E-state index in [1.165, 1.54) is 0 Å². The average molecular weight is 232 g/mol. The van der Waals surface area contributed by atoms with Gasteiger partial charge in [-0.2, -0.15) is 0 Å². The number of aliphatic carboxylic acids is 1. The molecule has 0 spiro atoms. The molecule has 86 valence electrons. The summed E-state index contributed by atoms with van der Waals surface area (Å²) in [7, 11) is 0. The summed E-state index contributed by atoms with van der Waals surface area (Å²) in [5, 5.41) is 18.9.